The number of aliphatic hydroxyl groups is 1. The zero-order chi connectivity index (χ0) is 11.9. The number of aliphatic hydroxyl groups excluding tert-OH is 1. The number of carbonyl (C=O) groups is 1. The van der Waals surface area contributed by atoms with Crippen molar-refractivity contribution in [3.63, 3.8) is 0 Å². The second kappa shape index (κ2) is 6.80. The minimum atomic E-state index is -0.551. The molecular formula is C11H24N2O2. The Labute approximate surface area is 92.2 Å². The number of unbranched alkanes of at least 4 members (excludes halogenated alkanes) is 2. The van der Waals surface area contributed by atoms with E-state index in [1.165, 1.54) is 0 Å². The van der Waals surface area contributed by atoms with Crippen LogP contribution in [0.15, 0.2) is 0 Å². The number of hydrogen-bond donors (Lipinski definition) is 3. The van der Waals surface area contributed by atoms with Gasteiger partial charge in [-0.05, 0) is 40.2 Å². The molecule has 0 bridgehead atoms. The topological polar surface area (TPSA) is 75.3 Å². The van der Waals surface area contributed by atoms with E-state index in [4.69, 9.17) is 5.73 Å². The average molecular weight is 216 g/mol. The summed E-state index contributed by atoms with van der Waals surface area (Å²) in [5, 5.41) is 12.2. The van der Waals surface area contributed by atoms with Gasteiger partial charge in [0.1, 0.15) is 0 Å². The number of amides is 1. The van der Waals surface area contributed by atoms with E-state index in [-0.39, 0.29) is 5.91 Å². The molecule has 0 aliphatic heterocycles. The maximum absolute atomic E-state index is 11.5. The molecule has 0 aromatic carbocycles. The van der Waals surface area contributed by atoms with Crippen molar-refractivity contribution in [2.45, 2.75) is 58.1 Å². The molecule has 15 heavy (non-hydrogen) atoms. The van der Waals surface area contributed by atoms with Crippen molar-refractivity contribution in [2.75, 3.05) is 6.54 Å². The summed E-state index contributed by atoms with van der Waals surface area (Å²) in [7, 11) is 0. The fourth-order valence-electron chi connectivity index (χ4n) is 1.13. The van der Waals surface area contributed by atoms with Crippen molar-refractivity contribution in [3.05, 3.63) is 0 Å². The predicted octanol–water partition coefficient (Wildman–Crippen LogP) is 0.781. The third-order valence-corrected chi connectivity index (χ3v) is 2.61. The van der Waals surface area contributed by atoms with Crippen LogP contribution in [0.4, 0.5) is 0 Å². The molecule has 0 radical (unpaired) electrons. The molecule has 0 fully saturated rings. The molecule has 0 saturated heterocycles. The molecule has 1 unspecified atom stereocenters. The molecule has 90 valence electrons. The Bertz CT molecular complexity index is 191. The van der Waals surface area contributed by atoms with Crippen molar-refractivity contribution in [1.82, 2.24) is 5.32 Å². The van der Waals surface area contributed by atoms with Gasteiger partial charge in [-0.3, -0.25) is 4.79 Å². The monoisotopic (exact) mass is 216 g/mol. The summed E-state index contributed by atoms with van der Waals surface area (Å²) in [5.41, 5.74) is 4.80. The van der Waals surface area contributed by atoms with E-state index >= 15 is 0 Å². The van der Waals surface area contributed by atoms with E-state index in [0.29, 0.717) is 13.0 Å². The van der Waals surface area contributed by atoms with Gasteiger partial charge in [-0.1, -0.05) is 6.42 Å². The highest BCUT2D eigenvalue weighted by atomic mass is 16.3. The first-order valence-corrected chi connectivity index (χ1v) is 5.59. The molecule has 0 rings (SSSR count). The second-order valence-corrected chi connectivity index (χ2v) is 4.55. The Kier molecular flexibility index (Phi) is 6.52. The Morgan fingerprint density at radius 2 is 2.00 bits per heavy atom. The van der Waals surface area contributed by atoms with Crippen molar-refractivity contribution >= 4 is 5.91 Å². The number of nitrogens with one attached hydrogen (secondary N) is 1. The van der Waals surface area contributed by atoms with Gasteiger partial charge in [-0.15, -0.1) is 0 Å². The molecule has 0 aliphatic carbocycles. The van der Waals surface area contributed by atoms with Crippen LogP contribution in [0.5, 0.6) is 0 Å². The number of carbonyl (C=O) groups excluding carboxylic acids is 1. The summed E-state index contributed by atoms with van der Waals surface area (Å²) in [6, 6.07) is 0. The van der Waals surface area contributed by atoms with Crippen LogP contribution in [0.1, 0.15) is 46.5 Å². The predicted molar refractivity (Wildman–Crippen MR) is 61.4 cm³/mol. The molecule has 4 nitrogen and oxygen atoms in total. The highest BCUT2D eigenvalue weighted by molar-refractivity contribution is 5.76. The van der Waals surface area contributed by atoms with Crippen molar-refractivity contribution in [2.24, 2.45) is 5.73 Å². The minimum absolute atomic E-state index is 0.00192. The first-order valence-electron chi connectivity index (χ1n) is 5.59. The normalized spacial score (nSPS) is 13.7. The average Bonchev–Trinajstić information content (AvgIpc) is 2.11. The zero-order valence-corrected chi connectivity index (χ0v) is 10.0. The van der Waals surface area contributed by atoms with E-state index in [9.17, 15) is 9.90 Å². The van der Waals surface area contributed by atoms with Gasteiger partial charge < -0.3 is 16.2 Å². The van der Waals surface area contributed by atoms with Crippen molar-refractivity contribution < 1.29 is 9.90 Å². The van der Waals surface area contributed by atoms with Gasteiger partial charge >= 0.3 is 0 Å². The van der Waals surface area contributed by atoms with Gasteiger partial charge in [0.25, 0.3) is 0 Å². The van der Waals surface area contributed by atoms with Crippen molar-refractivity contribution in [1.29, 1.82) is 0 Å². The number of nitrogens with two attached hydrogens (primary N) is 1. The smallest absolute Gasteiger partial charge is 0.220 e. The first-order chi connectivity index (χ1) is 6.90. The van der Waals surface area contributed by atoms with E-state index < -0.39 is 11.6 Å². The highest BCUT2D eigenvalue weighted by Crippen LogP contribution is 2.09. The maximum atomic E-state index is 11.5. The molecule has 0 spiro atoms. The third-order valence-electron chi connectivity index (χ3n) is 2.61. The Morgan fingerprint density at radius 3 is 2.47 bits per heavy atom. The van der Waals surface area contributed by atoms with Crippen LogP contribution in [0.25, 0.3) is 0 Å². The van der Waals surface area contributed by atoms with Crippen LogP contribution in [-0.2, 0) is 4.79 Å². The lowest BCUT2D eigenvalue weighted by Gasteiger charge is -2.29. The third kappa shape index (κ3) is 6.47. The summed E-state index contributed by atoms with van der Waals surface area (Å²) in [5.74, 6) is -0.00192. The summed E-state index contributed by atoms with van der Waals surface area (Å²) < 4.78 is 0. The van der Waals surface area contributed by atoms with Gasteiger partial charge in [-0.2, -0.15) is 0 Å². The van der Waals surface area contributed by atoms with Gasteiger partial charge in [0.05, 0.1) is 11.6 Å². The fraction of sp³-hybridized carbons (Fsp3) is 0.909. The van der Waals surface area contributed by atoms with Crippen LogP contribution < -0.4 is 11.1 Å². The first kappa shape index (κ1) is 14.4. The molecule has 0 saturated carbocycles. The molecule has 0 aliphatic rings. The van der Waals surface area contributed by atoms with Gasteiger partial charge in [0.2, 0.25) is 5.91 Å². The van der Waals surface area contributed by atoms with Crippen molar-refractivity contribution in [3.8, 4) is 0 Å². The molecule has 4 heteroatoms. The molecule has 1 atom stereocenters. The fourth-order valence-corrected chi connectivity index (χ4v) is 1.13. The molecular weight excluding hydrogens is 192 g/mol. The van der Waals surface area contributed by atoms with E-state index in [0.717, 1.165) is 19.3 Å². The quantitative estimate of drug-likeness (QED) is 0.550. The highest BCUT2D eigenvalue weighted by Gasteiger charge is 2.25. The lowest BCUT2D eigenvalue weighted by atomic mass is 9.98. The van der Waals surface area contributed by atoms with Gasteiger partial charge in [0.15, 0.2) is 0 Å². The van der Waals surface area contributed by atoms with Crippen LogP contribution in [0, 0.1) is 0 Å². The van der Waals surface area contributed by atoms with E-state index in [1.54, 1.807) is 6.92 Å². The lowest BCUT2D eigenvalue weighted by Crippen LogP contribution is -2.50. The van der Waals surface area contributed by atoms with Crippen LogP contribution in [0.2, 0.25) is 0 Å². The summed E-state index contributed by atoms with van der Waals surface area (Å²) >= 11 is 0. The molecule has 1 amide bonds. The number of hydrogen-bond acceptors (Lipinski definition) is 3. The SMILES string of the molecule is CC(O)C(C)(C)NC(=O)CCCCCN. The zero-order valence-electron chi connectivity index (χ0n) is 10.0. The molecule has 4 N–H and O–H groups in total. The standard InChI is InChI=1S/C11H24N2O2/c1-9(14)11(2,3)13-10(15)7-5-4-6-8-12/h9,14H,4-8,12H2,1-3H3,(H,13,15). The molecule has 0 aromatic heterocycles. The Morgan fingerprint density at radius 1 is 1.40 bits per heavy atom. The lowest BCUT2D eigenvalue weighted by molar-refractivity contribution is -0.124. The molecule has 0 aromatic rings. The molecule has 0 heterocycles. The van der Waals surface area contributed by atoms with Crippen LogP contribution >= 0.6 is 0 Å². The Hall–Kier alpha value is -0.610. The van der Waals surface area contributed by atoms with Gasteiger partial charge in [0, 0.05) is 6.42 Å². The number of rotatable bonds is 7. The largest absolute Gasteiger partial charge is 0.391 e. The van der Waals surface area contributed by atoms with Crippen LogP contribution in [-0.4, -0.2) is 29.2 Å². The minimum Gasteiger partial charge on any atom is -0.391 e. The summed E-state index contributed by atoms with van der Waals surface area (Å²) in [4.78, 5) is 11.5. The maximum Gasteiger partial charge on any atom is 0.220 e. The van der Waals surface area contributed by atoms with Crippen LogP contribution in [0.3, 0.4) is 0 Å². The Balaban J connectivity index is 3.74. The van der Waals surface area contributed by atoms with Gasteiger partial charge in [-0.25, -0.2) is 0 Å². The second-order valence-electron chi connectivity index (χ2n) is 4.55. The summed E-state index contributed by atoms with van der Waals surface area (Å²) in [6.07, 6.45) is 2.77. The van der Waals surface area contributed by atoms with E-state index in [2.05, 4.69) is 5.32 Å². The van der Waals surface area contributed by atoms with E-state index in [1.807, 2.05) is 13.8 Å². The summed E-state index contributed by atoms with van der Waals surface area (Å²) in [6.45, 7) is 5.99.